The molecule has 6 nitrogen and oxygen atoms in total. The quantitative estimate of drug-likeness (QED) is 0.514. The molecule has 0 aliphatic carbocycles. The van der Waals surface area contributed by atoms with Gasteiger partial charge < -0.3 is 4.52 Å². The van der Waals surface area contributed by atoms with Crippen molar-refractivity contribution in [3.63, 3.8) is 0 Å². The van der Waals surface area contributed by atoms with Crippen LogP contribution in [0.15, 0.2) is 25.9 Å². The Morgan fingerprint density at radius 3 is 2.78 bits per heavy atom. The van der Waals surface area contributed by atoms with Crippen LogP contribution in [0.2, 0.25) is 0 Å². The van der Waals surface area contributed by atoms with Crippen molar-refractivity contribution in [3.05, 3.63) is 33.5 Å². The lowest BCUT2D eigenvalue weighted by Gasteiger charge is -2.11. The van der Waals surface area contributed by atoms with Gasteiger partial charge in [0, 0.05) is 12.5 Å². The number of thioether (sulfide) groups is 1. The minimum atomic E-state index is -0.0733. The van der Waals surface area contributed by atoms with Crippen LogP contribution in [0.4, 0.5) is 0 Å². The summed E-state index contributed by atoms with van der Waals surface area (Å²) in [5, 5.41) is 6.49. The van der Waals surface area contributed by atoms with E-state index in [1.54, 1.807) is 4.57 Å². The van der Waals surface area contributed by atoms with Crippen molar-refractivity contribution in [1.82, 2.24) is 19.7 Å². The third kappa shape index (κ3) is 3.05. The molecule has 0 fully saturated rings. The highest BCUT2D eigenvalue weighted by Crippen LogP contribution is 2.33. The summed E-state index contributed by atoms with van der Waals surface area (Å²) in [6, 6.07) is 1.87. The second kappa shape index (κ2) is 6.45. The first kappa shape index (κ1) is 16.2. The van der Waals surface area contributed by atoms with Crippen LogP contribution in [0.3, 0.4) is 0 Å². The van der Waals surface area contributed by atoms with Gasteiger partial charge in [0.2, 0.25) is 5.89 Å². The van der Waals surface area contributed by atoms with Crippen LogP contribution in [-0.4, -0.2) is 19.7 Å². The van der Waals surface area contributed by atoms with E-state index in [2.05, 4.69) is 15.1 Å². The number of fused-ring (bicyclic) bond motifs is 1. The highest BCUT2D eigenvalue weighted by atomic mass is 32.2. The minimum absolute atomic E-state index is 0.00981. The summed E-state index contributed by atoms with van der Waals surface area (Å²) in [6.45, 7) is 8.55. The van der Waals surface area contributed by atoms with Crippen LogP contribution in [0.1, 0.15) is 50.6 Å². The molecule has 3 heterocycles. The number of thiophene rings is 1. The van der Waals surface area contributed by atoms with Crippen molar-refractivity contribution >= 4 is 33.3 Å². The molecule has 122 valence electrons. The highest BCUT2D eigenvalue weighted by molar-refractivity contribution is 7.99. The number of aromatic nitrogens is 4. The van der Waals surface area contributed by atoms with Gasteiger partial charge >= 0.3 is 0 Å². The van der Waals surface area contributed by atoms with E-state index in [4.69, 9.17) is 4.52 Å². The van der Waals surface area contributed by atoms with E-state index in [1.807, 2.05) is 39.1 Å². The summed E-state index contributed by atoms with van der Waals surface area (Å²) in [7, 11) is 0. The molecule has 8 heteroatoms. The minimum Gasteiger partial charge on any atom is -0.338 e. The average molecular weight is 350 g/mol. The SMILES string of the molecule is CCn1c(SC(C)c2nc(C(C)C)no2)nc2ccsc2c1=O. The van der Waals surface area contributed by atoms with Crippen LogP contribution in [-0.2, 0) is 6.54 Å². The maximum Gasteiger partial charge on any atom is 0.272 e. The average Bonchev–Trinajstić information content (AvgIpc) is 3.16. The Balaban J connectivity index is 1.94. The molecular formula is C15H18N4O2S2. The maximum atomic E-state index is 12.5. The van der Waals surface area contributed by atoms with E-state index >= 15 is 0 Å². The fourth-order valence-electron chi connectivity index (χ4n) is 2.15. The summed E-state index contributed by atoms with van der Waals surface area (Å²) >= 11 is 2.89. The fourth-order valence-corrected chi connectivity index (χ4v) is 3.93. The van der Waals surface area contributed by atoms with E-state index in [1.165, 1.54) is 23.1 Å². The molecule has 0 radical (unpaired) electrons. The lowest BCUT2D eigenvalue weighted by atomic mass is 10.2. The summed E-state index contributed by atoms with van der Waals surface area (Å²) in [6.07, 6.45) is 0. The zero-order valence-electron chi connectivity index (χ0n) is 13.4. The molecule has 0 amide bonds. The monoisotopic (exact) mass is 350 g/mol. The summed E-state index contributed by atoms with van der Waals surface area (Å²) in [5.74, 6) is 1.47. The van der Waals surface area contributed by atoms with E-state index in [0.717, 1.165) is 5.52 Å². The first-order chi connectivity index (χ1) is 11.0. The lowest BCUT2D eigenvalue weighted by molar-refractivity contribution is 0.372. The number of nitrogens with zero attached hydrogens (tertiary/aromatic N) is 4. The lowest BCUT2D eigenvalue weighted by Crippen LogP contribution is -2.21. The summed E-state index contributed by atoms with van der Waals surface area (Å²) < 4.78 is 7.73. The Morgan fingerprint density at radius 2 is 2.13 bits per heavy atom. The van der Waals surface area contributed by atoms with Crippen LogP contribution < -0.4 is 5.56 Å². The van der Waals surface area contributed by atoms with Crippen molar-refractivity contribution in [2.75, 3.05) is 0 Å². The molecule has 0 saturated carbocycles. The van der Waals surface area contributed by atoms with Gasteiger partial charge in [0.1, 0.15) is 4.70 Å². The van der Waals surface area contributed by atoms with E-state index in [-0.39, 0.29) is 16.7 Å². The molecule has 3 aromatic rings. The first-order valence-electron chi connectivity index (χ1n) is 7.49. The van der Waals surface area contributed by atoms with Gasteiger partial charge in [0.15, 0.2) is 11.0 Å². The molecule has 0 spiro atoms. The molecule has 0 saturated heterocycles. The zero-order valence-corrected chi connectivity index (χ0v) is 15.1. The zero-order chi connectivity index (χ0) is 16.6. The van der Waals surface area contributed by atoms with Crippen molar-refractivity contribution < 1.29 is 4.52 Å². The molecule has 1 atom stereocenters. The first-order valence-corrected chi connectivity index (χ1v) is 9.25. The van der Waals surface area contributed by atoms with E-state index < -0.39 is 0 Å². The van der Waals surface area contributed by atoms with Gasteiger partial charge in [-0.1, -0.05) is 30.8 Å². The Hall–Kier alpha value is -1.67. The Kier molecular flexibility index (Phi) is 4.54. The molecule has 0 aromatic carbocycles. The maximum absolute atomic E-state index is 12.5. The molecule has 0 bridgehead atoms. The molecular weight excluding hydrogens is 332 g/mol. The van der Waals surface area contributed by atoms with Gasteiger partial charge in [-0.3, -0.25) is 9.36 Å². The van der Waals surface area contributed by atoms with Crippen molar-refractivity contribution in [3.8, 4) is 0 Å². The summed E-state index contributed by atoms with van der Waals surface area (Å²) in [5.41, 5.74) is 0.753. The fraction of sp³-hybridized carbons (Fsp3) is 0.467. The number of hydrogen-bond donors (Lipinski definition) is 0. The Bertz CT molecular complexity index is 881. The van der Waals surface area contributed by atoms with Crippen LogP contribution in [0, 0.1) is 0 Å². The molecule has 1 unspecified atom stereocenters. The molecule has 23 heavy (non-hydrogen) atoms. The molecule has 3 aromatic heterocycles. The van der Waals surface area contributed by atoms with Crippen LogP contribution in [0.5, 0.6) is 0 Å². The van der Waals surface area contributed by atoms with E-state index in [0.29, 0.717) is 28.1 Å². The topological polar surface area (TPSA) is 73.8 Å². The number of hydrogen-bond acceptors (Lipinski definition) is 7. The predicted molar refractivity (Wildman–Crippen MR) is 92.2 cm³/mol. The van der Waals surface area contributed by atoms with Gasteiger partial charge in [-0.25, -0.2) is 4.98 Å². The second-order valence-electron chi connectivity index (χ2n) is 5.48. The smallest absolute Gasteiger partial charge is 0.272 e. The molecule has 0 N–H and O–H groups in total. The van der Waals surface area contributed by atoms with Crippen molar-refractivity contribution in [1.29, 1.82) is 0 Å². The third-order valence-electron chi connectivity index (χ3n) is 3.45. The third-order valence-corrected chi connectivity index (χ3v) is 5.42. The van der Waals surface area contributed by atoms with Gasteiger partial charge in [0.25, 0.3) is 5.56 Å². The van der Waals surface area contributed by atoms with Gasteiger partial charge in [0.05, 0.1) is 10.8 Å². The normalized spacial score (nSPS) is 13.1. The second-order valence-corrected chi connectivity index (χ2v) is 7.71. The van der Waals surface area contributed by atoms with Crippen LogP contribution >= 0.6 is 23.1 Å². The van der Waals surface area contributed by atoms with Crippen molar-refractivity contribution in [2.24, 2.45) is 0 Å². The predicted octanol–water partition coefficient (Wildman–Crippen LogP) is 3.84. The standard InChI is InChI=1S/C15H18N4O2S2/c1-5-19-14(20)11-10(6-7-22-11)16-15(19)23-9(4)13-17-12(8(2)3)18-21-13/h6-9H,5H2,1-4H3. The largest absolute Gasteiger partial charge is 0.338 e. The number of rotatable bonds is 5. The van der Waals surface area contributed by atoms with Gasteiger partial charge in [-0.2, -0.15) is 4.98 Å². The van der Waals surface area contributed by atoms with Gasteiger partial charge in [-0.05, 0) is 25.3 Å². The molecule has 0 aliphatic rings. The Morgan fingerprint density at radius 1 is 1.35 bits per heavy atom. The summed E-state index contributed by atoms with van der Waals surface area (Å²) in [4.78, 5) is 21.6. The van der Waals surface area contributed by atoms with Crippen molar-refractivity contribution in [2.45, 2.75) is 50.6 Å². The Labute approximate surface area is 141 Å². The van der Waals surface area contributed by atoms with Crippen LogP contribution in [0.25, 0.3) is 10.2 Å². The molecule has 0 aliphatic heterocycles. The van der Waals surface area contributed by atoms with E-state index in [9.17, 15) is 4.79 Å². The van der Waals surface area contributed by atoms with Gasteiger partial charge in [-0.15, -0.1) is 11.3 Å². The highest BCUT2D eigenvalue weighted by Gasteiger charge is 2.20. The molecule has 3 rings (SSSR count).